The Morgan fingerprint density at radius 3 is 2.12 bits per heavy atom. The fraction of sp³-hybridized carbons (Fsp3) is 0.333. The molecule has 1 fully saturated rings. The highest BCUT2D eigenvalue weighted by atomic mass is 19.3. The molecule has 0 radical (unpaired) electrons. The molecule has 1 saturated heterocycles. The lowest BCUT2D eigenvalue weighted by molar-refractivity contribution is -0.117. The van der Waals surface area contributed by atoms with Crippen LogP contribution in [0.25, 0.3) is 0 Å². The van der Waals surface area contributed by atoms with Crippen LogP contribution in [0.15, 0.2) is 53.5 Å². The number of carbonyl (C=O) groups excluding carboxylic acids is 2. The summed E-state index contributed by atoms with van der Waals surface area (Å²) in [6.07, 6.45) is 1.89. The molecular weight excluding hydrogens is 571 g/mol. The molecule has 1 atom stereocenters. The first-order chi connectivity index (χ1) is 19.9. The molecule has 3 N–H and O–H groups in total. The fourth-order valence-corrected chi connectivity index (χ4v) is 3.64. The second-order valence-corrected chi connectivity index (χ2v) is 8.33. The molecule has 1 aromatic heterocycles. The number of nitrogens with zero attached hydrogens (tertiary/aromatic N) is 3. The van der Waals surface area contributed by atoms with E-state index >= 15 is 0 Å². The van der Waals surface area contributed by atoms with Gasteiger partial charge in [-0.1, -0.05) is 0 Å². The Hall–Kier alpha value is -4.21. The van der Waals surface area contributed by atoms with E-state index in [1.54, 1.807) is 0 Å². The van der Waals surface area contributed by atoms with E-state index in [-0.39, 0.29) is 48.9 Å². The number of halogens is 5. The quantitative estimate of drug-likeness (QED) is 0.290. The zero-order chi connectivity index (χ0) is 31.8. The predicted octanol–water partition coefficient (Wildman–Crippen LogP) is 2.72. The largest absolute Gasteiger partial charge is 0.497 e. The highest BCUT2D eigenvalue weighted by Crippen LogP contribution is 2.35. The second-order valence-electron chi connectivity index (χ2n) is 8.33. The molecule has 4 rings (SSSR count). The molecule has 0 bridgehead atoms. The van der Waals surface area contributed by atoms with Gasteiger partial charge in [0.15, 0.2) is 0 Å². The molecular formula is C27H31F5N4O6. The molecule has 1 aliphatic heterocycles. The van der Waals surface area contributed by atoms with Gasteiger partial charge in [-0.15, -0.1) is 0 Å². The Kier molecular flexibility index (Phi) is 15.6. The summed E-state index contributed by atoms with van der Waals surface area (Å²) in [5.41, 5.74) is -0.190. The summed E-state index contributed by atoms with van der Waals surface area (Å²) >= 11 is 0. The van der Waals surface area contributed by atoms with Gasteiger partial charge in [-0.3, -0.25) is 14.4 Å². The van der Waals surface area contributed by atoms with Crippen molar-refractivity contribution in [3.63, 3.8) is 0 Å². The summed E-state index contributed by atoms with van der Waals surface area (Å²) in [5, 5.41) is 22.3. The monoisotopic (exact) mass is 602 g/mol. The molecule has 0 saturated carbocycles. The number of amides is 1. The van der Waals surface area contributed by atoms with Crippen LogP contribution in [0.2, 0.25) is 0 Å². The van der Waals surface area contributed by atoms with Crippen molar-refractivity contribution < 1.29 is 46.5 Å². The molecule has 1 unspecified atom stereocenters. The molecule has 230 valence electrons. The summed E-state index contributed by atoms with van der Waals surface area (Å²) < 4.78 is 66.3. The zero-order valence-corrected chi connectivity index (χ0v) is 22.9. The number of methoxy groups -OCH3 is 1. The average Bonchev–Trinajstić information content (AvgIpc) is 3.31. The maximum absolute atomic E-state index is 14.3. The minimum atomic E-state index is -3.17. The Labute approximate surface area is 238 Å². The standard InChI is InChI=1S/C17H17F2N3O4.C7H5FO.C2H7N.CH2F2O/c1-26-11-7-12(18)16(13(19)8-11)10-6-15(24)21(9-10)14-2-3-20-22(4-5-23)17(14)25;8-7-3-1-6(5-9)2-4-7;1-3-2;2-1(3)4/h2-3,7-8,10,23H,4-6,9H2,1H3;1-5H;3H,1-2H3;1,4H. The average molecular weight is 603 g/mol. The van der Waals surface area contributed by atoms with Crippen LogP contribution < -0.4 is 20.5 Å². The smallest absolute Gasteiger partial charge is 0.342 e. The van der Waals surface area contributed by atoms with E-state index in [1.165, 1.54) is 48.5 Å². The number of carbonyl (C=O) groups is 2. The van der Waals surface area contributed by atoms with Crippen LogP contribution in [-0.2, 0) is 11.3 Å². The van der Waals surface area contributed by atoms with Crippen LogP contribution in [0.1, 0.15) is 28.3 Å². The number of aromatic nitrogens is 2. The van der Waals surface area contributed by atoms with Crippen LogP contribution in [0.3, 0.4) is 0 Å². The van der Waals surface area contributed by atoms with Gasteiger partial charge in [0.2, 0.25) is 5.91 Å². The number of alkyl halides is 2. The first kappa shape index (κ1) is 35.8. The van der Waals surface area contributed by atoms with Gasteiger partial charge in [0.25, 0.3) is 5.56 Å². The zero-order valence-electron chi connectivity index (χ0n) is 22.9. The predicted molar refractivity (Wildman–Crippen MR) is 143 cm³/mol. The third-order valence-corrected chi connectivity index (χ3v) is 5.32. The van der Waals surface area contributed by atoms with E-state index in [9.17, 15) is 36.3 Å². The number of aliphatic hydroxyl groups is 2. The fourth-order valence-electron chi connectivity index (χ4n) is 3.64. The number of hydrogen-bond acceptors (Lipinski definition) is 8. The van der Waals surface area contributed by atoms with Crippen LogP contribution in [0, 0.1) is 17.5 Å². The van der Waals surface area contributed by atoms with Gasteiger partial charge < -0.3 is 25.2 Å². The Morgan fingerprint density at radius 2 is 1.64 bits per heavy atom. The lowest BCUT2D eigenvalue weighted by atomic mass is 9.97. The Morgan fingerprint density at radius 1 is 1.10 bits per heavy atom. The topological polar surface area (TPSA) is 134 Å². The normalized spacial score (nSPS) is 13.7. The maximum atomic E-state index is 14.3. The first-order valence-electron chi connectivity index (χ1n) is 12.2. The third-order valence-electron chi connectivity index (χ3n) is 5.32. The number of rotatable bonds is 6. The molecule has 15 heteroatoms. The van der Waals surface area contributed by atoms with Gasteiger partial charge in [0, 0.05) is 48.3 Å². The minimum Gasteiger partial charge on any atom is -0.497 e. The molecule has 0 spiro atoms. The minimum absolute atomic E-state index is 0.0140. The number of nitrogens with one attached hydrogen (secondary N) is 1. The molecule has 1 amide bonds. The van der Waals surface area contributed by atoms with E-state index in [1.807, 2.05) is 14.1 Å². The van der Waals surface area contributed by atoms with Gasteiger partial charge in [-0.2, -0.15) is 13.9 Å². The molecule has 2 aromatic carbocycles. The van der Waals surface area contributed by atoms with E-state index in [0.29, 0.717) is 11.8 Å². The highest BCUT2D eigenvalue weighted by Gasteiger charge is 2.36. The van der Waals surface area contributed by atoms with Crippen LogP contribution in [0.4, 0.5) is 27.6 Å². The van der Waals surface area contributed by atoms with Gasteiger partial charge >= 0.3 is 6.61 Å². The number of benzene rings is 2. The second kappa shape index (κ2) is 18.3. The van der Waals surface area contributed by atoms with E-state index in [4.69, 9.17) is 14.9 Å². The SMILES string of the molecule is CNC.COc1cc(F)c(C2CC(=O)N(c3ccnn(CCO)c3=O)C2)c(F)c1.O=Cc1ccc(F)cc1.OC(F)F. The maximum Gasteiger partial charge on any atom is 0.342 e. The van der Waals surface area contributed by atoms with Crippen molar-refractivity contribution in [3.05, 3.63) is 87.6 Å². The van der Waals surface area contributed by atoms with Gasteiger partial charge in [0.05, 0.1) is 20.3 Å². The van der Waals surface area contributed by atoms with E-state index < -0.39 is 35.6 Å². The number of aliphatic hydroxyl groups excluding tert-OH is 2. The lowest BCUT2D eigenvalue weighted by Crippen LogP contribution is -2.34. The number of ether oxygens (including phenoxy) is 1. The van der Waals surface area contributed by atoms with Crippen molar-refractivity contribution in [2.75, 3.05) is 39.3 Å². The van der Waals surface area contributed by atoms with Crippen molar-refractivity contribution in [1.82, 2.24) is 15.1 Å². The molecule has 42 heavy (non-hydrogen) atoms. The van der Waals surface area contributed by atoms with Crippen molar-refractivity contribution in [2.24, 2.45) is 0 Å². The van der Waals surface area contributed by atoms with Gasteiger partial charge in [-0.05, 0) is 44.4 Å². The Bertz CT molecular complexity index is 1320. The Balaban J connectivity index is 0.000000452. The summed E-state index contributed by atoms with van der Waals surface area (Å²) in [5.74, 6) is -3.01. The van der Waals surface area contributed by atoms with Crippen LogP contribution >= 0.6 is 0 Å². The van der Waals surface area contributed by atoms with E-state index in [0.717, 1.165) is 16.8 Å². The molecule has 2 heterocycles. The summed E-state index contributed by atoms with van der Waals surface area (Å²) in [6.45, 7) is -3.49. The van der Waals surface area contributed by atoms with Gasteiger partial charge in [-0.25, -0.2) is 17.9 Å². The third kappa shape index (κ3) is 11.0. The lowest BCUT2D eigenvalue weighted by Gasteiger charge is -2.17. The molecule has 10 nitrogen and oxygen atoms in total. The van der Waals surface area contributed by atoms with Crippen LogP contribution in [-0.4, -0.2) is 73.2 Å². The molecule has 3 aromatic rings. The summed E-state index contributed by atoms with van der Waals surface area (Å²) in [7, 11) is 5.05. The molecule has 0 aliphatic carbocycles. The number of anilines is 1. The van der Waals surface area contributed by atoms with Crippen molar-refractivity contribution in [3.8, 4) is 5.75 Å². The number of hydrogen-bond donors (Lipinski definition) is 3. The van der Waals surface area contributed by atoms with Crippen molar-refractivity contribution in [2.45, 2.75) is 25.5 Å². The summed E-state index contributed by atoms with van der Waals surface area (Å²) in [4.78, 5) is 35.9. The number of aldehydes is 1. The highest BCUT2D eigenvalue weighted by molar-refractivity contribution is 5.96. The van der Waals surface area contributed by atoms with Crippen molar-refractivity contribution in [1.29, 1.82) is 0 Å². The van der Waals surface area contributed by atoms with Crippen LogP contribution in [0.5, 0.6) is 5.75 Å². The first-order valence-corrected chi connectivity index (χ1v) is 12.2. The summed E-state index contributed by atoms with van der Waals surface area (Å²) in [6, 6.07) is 8.87. The van der Waals surface area contributed by atoms with E-state index in [2.05, 4.69) is 10.4 Å². The molecule has 1 aliphatic rings. The van der Waals surface area contributed by atoms with Gasteiger partial charge in [0.1, 0.15) is 35.2 Å². The van der Waals surface area contributed by atoms with Crippen molar-refractivity contribution >= 4 is 17.9 Å².